The molecular formula is C20H20O4. The van der Waals surface area contributed by atoms with Gasteiger partial charge < -0.3 is 9.84 Å². The number of hydrogen-bond donors (Lipinski definition) is 1. The smallest absolute Gasteiger partial charge is 0.338 e. The molecule has 3 rings (SSSR count). The molecule has 1 N–H and O–H groups in total. The van der Waals surface area contributed by atoms with Gasteiger partial charge in [-0.15, -0.1) is 0 Å². The van der Waals surface area contributed by atoms with Crippen LogP contribution >= 0.6 is 0 Å². The lowest BCUT2D eigenvalue weighted by molar-refractivity contribution is -0.0859. The summed E-state index contributed by atoms with van der Waals surface area (Å²) in [5.41, 5.74) is -0.119. The molecule has 0 heterocycles. The summed E-state index contributed by atoms with van der Waals surface area (Å²) < 4.78 is 5.34. The zero-order valence-electron chi connectivity index (χ0n) is 13.4. The Balaban J connectivity index is 1.74. The van der Waals surface area contributed by atoms with Crippen LogP contribution in [0.4, 0.5) is 0 Å². The van der Waals surface area contributed by atoms with Crippen LogP contribution in [0.1, 0.15) is 40.0 Å². The molecule has 0 bridgehead atoms. The van der Waals surface area contributed by atoms with Crippen molar-refractivity contribution in [1.82, 2.24) is 0 Å². The number of carbonyl (C=O) groups is 2. The van der Waals surface area contributed by atoms with Gasteiger partial charge in [0.2, 0.25) is 0 Å². The Bertz CT molecular complexity index is 705. The van der Waals surface area contributed by atoms with Gasteiger partial charge in [0, 0.05) is 5.56 Å². The van der Waals surface area contributed by atoms with E-state index in [4.69, 9.17) is 4.74 Å². The van der Waals surface area contributed by atoms with Gasteiger partial charge in [-0.05, 0) is 31.4 Å². The van der Waals surface area contributed by atoms with Crippen LogP contribution in [0.15, 0.2) is 60.7 Å². The van der Waals surface area contributed by atoms with Crippen LogP contribution in [0, 0.1) is 5.92 Å². The Kier molecular flexibility index (Phi) is 4.76. The van der Waals surface area contributed by atoms with Crippen molar-refractivity contribution in [2.75, 3.05) is 6.61 Å². The predicted molar refractivity (Wildman–Crippen MR) is 89.8 cm³/mol. The molecule has 4 heteroatoms. The minimum absolute atomic E-state index is 0.113. The molecule has 1 unspecified atom stereocenters. The highest BCUT2D eigenvalue weighted by molar-refractivity contribution is 5.99. The van der Waals surface area contributed by atoms with E-state index < -0.39 is 17.5 Å². The lowest BCUT2D eigenvalue weighted by Crippen LogP contribution is -2.50. The van der Waals surface area contributed by atoms with Gasteiger partial charge in [-0.25, -0.2) is 4.79 Å². The van der Waals surface area contributed by atoms with Gasteiger partial charge in [-0.2, -0.15) is 0 Å². The minimum atomic E-state index is -1.08. The number of ketones is 1. The van der Waals surface area contributed by atoms with Gasteiger partial charge in [-0.3, -0.25) is 4.79 Å². The maximum Gasteiger partial charge on any atom is 0.338 e. The summed E-state index contributed by atoms with van der Waals surface area (Å²) in [5.74, 6) is -1.40. The maximum atomic E-state index is 12.8. The van der Waals surface area contributed by atoms with E-state index >= 15 is 0 Å². The summed E-state index contributed by atoms with van der Waals surface area (Å²) in [7, 11) is 0. The summed E-state index contributed by atoms with van der Waals surface area (Å²) in [6.45, 7) is -0.113. The largest absolute Gasteiger partial charge is 0.461 e. The van der Waals surface area contributed by atoms with Crippen molar-refractivity contribution in [3.05, 3.63) is 71.8 Å². The van der Waals surface area contributed by atoms with Crippen molar-refractivity contribution in [1.29, 1.82) is 0 Å². The Labute approximate surface area is 141 Å². The molecule has 1 aliphatic carbocycles. The van der Waals surface area contributed by atoms with Gasteiger partial charge in [0.05, 0.1) is 17.1 Å². The van der Waals surface area contributed by atoms with Crippen molar-refractivity contribution in [3.63, 3.8) is 0 Å². The first-order chi connectivity index (χ1) is 11.6. The first-order valence-electron chi connectivity index (χ1n) is 8.14. The molecule has 0 spiro atoms. The molecule has 1 saturated carbocycles. The fraction of sp³-hybridized carbons (Fsp3) is 0.300. The van der Waals surface area contributed by atoms with Gasteiger partial charge in [0.25, 0.3) is 0 Å². The third kappa shape index (κ3) is 3.39. The van der Waals surface area contributed by atoms with Crippen LogP contribution < -0.4 is 0 Å². The second kappa shape index (κ2) is 6.97. The van der Waals surface area contributed by atoms with E-state index in [1.165, 1.54) is 0 Å². The summed E-state index contributed by atoms with van der Waals surface area (Å²) in [6.07, 6.45) is 1.99. The Hall–Kier alpha value is -2.46. The average Bonchev–Trinajstić information content (AvgIpc) is 2.61. The van der Waals surface area contributed by atoms with E-state index in [-0.39, 0.29) is 12.4 Å². The first kappa shape index (κ1) is 16.4. The second-order valence-electron chi connectivity index (χ2n) is 6.20. The molecule has 1 atom stereocenters. The monoisotopic (exact) mass is 324 g/mol. The summed E-state index contributed by atoms with van der Waals surface area (Å²) in [6, 6.07) is 17.5. The van der Waals surface area contributed by atoms with Crippen LogP contribution in [0.2, 0.25) is 0 Å². The summed E-state index contributed by atoms with van der Waals surface area (Å²) >= 11 is 0. The number of ether oxygens (including phenoxy) is 1. The molecule has 0 radical (unpaired) electrons. The molecule has 4 nitrogen and oxygen atoms in total. The molecule has 0 amide bonds. The standard InChI is InChI=1S/C20H20O4/c21-18(15-8-3-1-4-9-15)17(20(23)12-7-13-20)14-24-19(22)16-10-5-2-6-11-16/h1-6,8-11,17,23H,7,12-14H2. The van der Waals surface area contributed by atoms with Crippen LogP contribution in [0.3, 0.4) is 0 Å². The van der Waals surface area contributed by atoms with Crippen molar-refractivity contribution >= 4 is 11.8 Å². The average molecular weight is 324 g/mol. The van der Waals surface area contributed by atoms with Gasteiger partial charge in [0.15, 0.2) is 5.78 Å². The molecule has 1 aliphatic rings. The lowest BCUT2D eigenvalue weighted by Gasteiger charge is -2.42. The van der Waals surface area contributed by atoms with Crippen LogP contribution in [0.5, 0.6) is 0 Å². The van der Waals surface area contributed by atoms with Crippen LogP contribution in [0.25, 0.3) is 0 Å². The number of rotatable bonds is 6. The molecule has 24 heavy (non-hydrogen) atoms. The molecule has 0 saturated heterocycles. The highest BCUT2D eigenvalue weighted by Gasteiger charge is 2.46. The Morgan fingerprint density at radius 2 is 1.50 bits per heavy atom. The predicted octanol–water partition coefficient (Wildman–Crippen LogP) is 3.26. The van der Waals surface area contributed by atoms with Crippen molar-refractivity contribution in [3.8, 4) is 0 Å². The maximum absolute atomic E-state index is 12.8. The zero-order valence-corrected chi connectivity index (χ0v) is 13.4. The second-order valence-corrected chi connectivity index (χ2v) is 6.20. The van der Waals surface area contributed by atoms with E-state index in [0.717, 1.165) is 6.42 Å². The number of esters is 1. The fourth-order valence-electron chi connectivity index (χ4n) is 2.98. The van der Waals surface area contributed by atoms with Crippen LogP contribution in [-0.2, 0) is 4.74 Å². The first-order valence-corrected chi connectivity index (χ1v) is 8.14. The third-order valence-electron chi connectivity index (χ3n) is 4.63. The third-order valence-corrected chi connectivity index (χ3v) is 4.63. The summed E-state index contributed by atoms with van der Waals surface area (Å²) in [4.78, 5) is 24.9. The fourth-order valence-corrected chi connectivity index (χ4v) is 2.98. The lowest BCUT2D eigenvalue weighted by atomic mass is 9.69. The molecule has 2 aromatic carbocycles. The van der Waals surface area contributed by atoms with Gasteiger partial charge in [-0.1, -0.05) is 48.5 Å². The van der Waals surface area contributed by atoms with Crippen molar-refractivity contribution in [2.24, 2.45) is 5.92 Å². The van der Waals surface area contributed by atoms with Crippen molar-refractivity contribution in [2.45, 2.75) is 24.9 Å². The number of Topliss-reactive ketones (excluding diaryl/α,β-unsaturated/α-hetero) is 1. The van der Waals surface area contributed by atoms with Gasteiger partial charge >= 0.3 is 5.97 Å². The molecule has 124 valence electrons. The minimum Gasteiger partial charge on any atom is -0.461 e. The number of hydrogen-bond acceptors (Lipinski definition) is 4. The number of aliphatic hydroxyl groups is 1. The highest BCUT2D eigenvalue weighted by Crippen LogP contribution is 2.40. The van der Waals surface area contributed by atoms with E-state index in [1.807, 2.05) is 12.1 Å². The quantitative estimate of drug-likeness (QED) is 0.654. The van der Waals surface area contributed by atoms with E-state index in [2.05, 4.69) is 0 Å². The van der Waals surface area contributed by atoms with Crippen molar-refractivity contribution < 1.29 is 19.4 Å². The number of carbonyl (C=O) groups excluding carboxylic acids is 2. The Morgan fingerprint density at radius 1 is 0.958 bits per heavy atom. The van der Waals surface area contributed by atoms with Crippen LogP contribution in [-0.4, -0.2) is 29.1 Å². The molecule has 2 aromatic rings. The normalized spacial score (nSPS) is 16.7. The van der Waals surface area contributed by atoms with E-state index in [9.17, 15) is 14.7 Å². The molecule has 1 fully saturated rings. The molecule has 0 aliphatic heterocycles. The van der Waals surface area contributed by atoms with E-state index in [0.29, 0.717) is 24.0 Å². The molecule has 0 aromatic heterocycles. The summed E-state index contributed by atoms with van der Waals surface area (Å²) in [5, 5.41) is 10.7. The number of benzene rings is 2. The zero-order chi connectivity index (χ0) is 17.0. The Morgan fingerprint density at radius 3 is 2.00 bits per heavy atom. The topological polar surface area (TPSA) is 63.6 Å². The van der Waals surface area contributed by atoms with Gasteiger partial charge in [0.1, 0.15) is 6.61 Å². The highest BCUT2D eigenvalue weighted by atomic mass is 16.5. The molecular weight excluding hydrogens is 304 g/mol. The van der Waals surface area contributed by atoms with E-state index in [1.54, 1.807) is 48.5 Å². The SMILES string of the molecule is O=C(OCC(C(=O)c1ccccc1)C1(O)CCC1)c1ccccc1.